The fourth-order valence-corrected chi connectivity index (χ4v) is 8.10. The lowest BCUT2D eigenvalue weighted by Crippen LogP contribution is -2.64. The van der Waals surface area contributed by atoms with Crippen molar-refractivity contribution in [3.63, 3.8) is 0 Å². The van der Waals surface area contributed by atoms with Gasteiger partial charge in [0, 0.05) is 5.41 Å². The van der Waals surface area contributed by atoms with Crippen molar-refractivity contribution in [1.82, 2.24) is 0 Å². The van der Waals surface area contributed by atoms with Crippen LogP contribution in [0.4, 0.5) is 0 Å². The van der Waals surface area contributed by atoms with Crippen LogP contribution >= 0.6 is 0 Å². The fourth-order valence-electron chi connectivity index (χ4n) is 8.10. The number of hydrogen-bond donors (Lipinski definition) is 5. The molecule has 0 saturated heterocycles. The second-order valence-electron chi connectivity index (χ2n) is 10.4. The minimum Gasteiger partial charge on any atom is -0.394 e. The Hall–Kier alpha value is -0.200. The van der Waals surface area contributed by atoms with E-state index in [1.165, 1.54) is 0 Å². The van der Waals surface area contributed by atoms with Crippen molar-refractivity contribution in [2.75, 3.05) is 6.61 Å². The molecule has 4 aliphatic rings. The first kappa shape index (κ1) is 19.1. The molecule has 26 heavy (non-hydrogen) atoms. The van der Waals surface area contributed by atoms with E-state index in [2.05, 4.69) is 6.92 Å². The van der Waals surface area contributed by atoms with E-state index in [9.17, 15) is 25.5 Å². The van der Waals surface area contributed by atoms with Gasteiger partial charge in [0.05, 0.1) is 24.4 Å². The summed E-state index contributed by atoms with van der Waals surface area (Å²) in [4.78, 5) is 0. The molecular formula is C21H36O5. The molecule has 0 bridgehead atoms. The van der Waals surface area contributed by atoms with Gasteiger partial charge < -0.3 is 25.5 Å². The van der Waals surface area contributed by atoms with E-state index >= 15 is 0 Å². The molecule has 5 N–H and O–H groups in total. The summed E-state index contributed by atoms with van der Waals surface area (Å²) in [5.74, 6) is 1.29. The fraction of sp³-hybridized carbons (Fsp3) is 1.00. The summed E-state index contributed by atoms with van der Waals surface area (Å²) in [6.07, 6.45) is 4.70. The maximum atomic E-state index is 11.3. The molecule has 0 unspecified atom stereocenters. The van der Waals surface area contributed by atoms with Crippen LogP contribution in [0.2, 0.25) is 0 Å². The number of rotatable bonds is 2. The van der Waals surface area contributed by atoms with Crippen LogP contribution in [-0.4, -0.2) is 56.1 Å². The second kappa shape index (κ2) is 6.15. The van der Waals surface area contributed by atoms with Crippen LogP contribution in [0.15, 0.2) is 0 Å². The molecule has 0 aromatic rings. The van der Waals surface area contributed by atoms with E-state index in [0.29, 0.717) is 24.7 Å². The molecular weight excluding hydrogens is 332 g/mol. The van der Waals surface area contributed by atoms with Gasteiger partial charge in [0.15, 0.2) is 0 Å². The van der Waals surface area contributed by atoms with Crippen molar-refractivity contribution in [3.8, 4) is 0 Å². The molecule has 4 saturated carbocycles. The Balaban J connectivity index is 1.68. The third-order valence-corrected chi connectivity index (χ3v) is 9.51. The molecule has 5 heteroatoms. The molecule has 0 aliphatic heterocycles. The van der Waals surface area contributed by atoms with Crippen LogP contribution < -0.4 is 0 Å². The molecule has 4 rings (SSSR count). The molecule has 0 spiro atoms. The average Bonchev–Trinajstić information content (AvgIpc) is 2.86. The quantitative estimate of drug-likeness (QED) is 0.508. The number of aliphatic hydroxyl groups excluding tert-OH is 4. The van der Waals surface area contributed by atoms with Gasteiger partial charge in [-0.3, -0.25) is 0 Å². The Morgan fingerprint density at radius 1 is 1.04 bits per heavy atom. The highest BCUT2D eigenvalue weighted by Gasteiger charge is 2.68. The van der Waals surface area contributed by atoms with E-state index < -0.39 is 29.8 Å². The first-order valence-corrected chi connectivity index (χ1v) is 10.5. The summed E-state index contributed by atoms with van der Waals surface area (Å²) in [5.41, 5.74) is -1.83. The molecule has 10 atom stereocenters. The van der Waals surface area contributed by atoms with Crippen molar-refractivity contribution in [2.45, 2.75) is 89.1 Å². The third-order valence-electron chi connectivity index (χ3n) is 9.51. The maximum Gasteiger partial charge on any atom is 0.106 e. The first-order chi connectivity index (χ1) is 12.2. The van der Waals surface area contributed by atoms with Crippen molar-refractivity contribution in [3.05, 3.63) is 0 Å². The third kappa shape index (κ3) is 2.33. The molecule has 0 aromatic heterocycles. The predicted octanol–water partition coefficient (Wildman–Crippen LogP) is 1.45. The topological polar surface area (TPSA) is 101 Å². The second-order valence-corrected chi connectivity index (χ2v) is 10.4. The van der Waals surface area contributed by atoms with E-state index in [4.69, 9.17) is 0 Å². The van der Waals surface area contributed by atoms with Gasteiger partial charge in [-0.2, -0.15) is 0 Å². The molecule has 4 aliphatic carbocycles. The Morgan fingerprint density at radius 3 is 2.46 bits per heavy atom. The van der Waals surface area contributed by atoms with Crippen LogP contribution in [0, 0.1) is 34.5 Å². The summed E-state index contributed by atoms with van der Waals surface area (Å²) in [7, 11) is 0. The Morgan fingerprint density at radius 2 is 1.77 bits per heavy atom. The van der Waals surface area contributed by atoms with Crippen LogP contribution in [0.1, 0.15) is 65.2 Å². The van der Waals surface area contributed by atoms with E-state index in [0.717, 1.165) is 38.5 Å². The largest absolute Gasteiger partial charge is 0.394 e. The van der Waals surface area contributed by atoms with Gasteiger partial charge in [0.1, 0.15) is 6.10 Å². The number of fused-ring (bicyclic) bond motifs is 5. The first-order valence-electron chi connectivity index (χ1n) is 10.5. The molecule has 5 nitrogen and oxygen atoms in total. The molecule has 4 fully saturated rings. The van der Waals surface area contributed by atoms with Crippen molar-refractivity contribution in [2.24, 2.45) is 34.5 Å². The van der Waals surface area contributed by atoms with Crippen molar-refractivity contribution < 1.29 is 25.5 Å². The van der Waals surface area contributed by atoms with Crippen LogP contribution in [-0.2, 0) is 0 Å². The smallest absolute Gasteiger partial charge is 0.106 e. The molecule has 0 amide bonds. The molecule has 150 valence electrons. The van der Waals surface area contributed by atoms with Gasteiger partial charge in [-0.05, 0) is 80.5 Å². The predicted molar refractivity (Wildman–Crippen MR) is 97.2 cm³/mol. The van der Waals surface area contributed by atoms with Gasteiger partial charge >= 0.3 is 0 Å². The lowest BCUT2D eigenvalue weighted by Gasteiger charge is -2.63. The van der Waals surface area contributed by atoms with Crippen LogP contribution in [0.5, 0.6) is 0 Å². The summed E-state index contributed by atoms with van der Waals surface area (Å²) >= 11 is 0. The minimum atomic E-state index is -1.32. The highest BCUT2D eigenvalue weighted by atomic mass is 16.4. The Kier molecular flexibility index (Phi) is 4.52. The summed E-state index contributed by atoms with van der Waals surface area (Å²) < 4.78 is 0. The van der Waals surface area contributed by atoms with E-state index in [-0.39, 0.29) is 23.4 Å². The normalized spacial score (nSPS) is 57.8. The standard InChI is InChI=1S/C21H36O5/c1-19-7-5-13(23)9-12(19)3-4-14-15-6-8-21(26,17(25)11-22)20(15,2)10-16(24)18(14)19/h12-18,22-26H,3-11H2,1-2H3/t12-,13+,14-,15-,16-,17+,18-,19-,20-,21-/m0/s1. The minimum absolute atomic E-state index is 0.0548. The monoisotopic (exact) mass is 368 g/mol. The highest BCUT2D eigenvalue weighted by molar-refractivity contribution is 5.17. The highest BCUT2D eigenvalue weighted by Crippen LogP contribution is 2.68. The summed E-state index contributed by atoms with van der Waals surface area (Å²) in [6, 6.07) is 0. The van der Waals surface area contributed by atoms with Gasteiger partial charge in [-0.1, -0.05) is 13.8 Å². The van der Waals surface area contributed by atoms with Crippen LogP contribution in [0.3, 0.4) is 0 Å². The zero-order valence-electron chi connectivity index (χ0n) is 16.1. The summed E-state index contributed by atoms with van der Waals surface area (Å²) in [6.45, 7) is 3.89. The zero-order valence-corrected chi connectivity index (χ0v) is 16.1. The Labute approximate surface area is 156 Å². The van der Waals surface area contributed by atoms with E-state index in [1.54, 1.807) is 0 Å². The van der Waals surface area contributed by atoms with Gasteiger partial charge in [0.2, 0.25) is 0 Å². The van der Waals surface area contributed by atoms with Gasteiger partial charge in [0.25, 0.3) is 0 Å². The molecule has 0 heterocycles. The molecule has 0 radical (unpaired) electrons. The number of hydrogen-bond acceptors (Lipinski definition) is 5. The van der Waals surface area contributed by atoms with Crippen LogP contribution in [0.25, 0.3) is 0 Å². The lowest BCUT2D eigenvalue weighted by molar-refractivity contribution is -0.224. The average molecular weight is 369 g/mol. The summed E-state index contributed by atoms with van der Waals surface area (Å²) in [5, 5.41) is 52.5. The lowest BCUT2D eigenvalue weighted by atomic mass is 9.43. The number of aliphatic hydroxyl groups is 5. The van der Waals surface area contributed by atoms with Gasteiger partial charge in [-0.15, -0.1) is 0 Å². The van der Waals surface area contributed by atoms with E-state index in [1.807, 2.05) is 6.92 Å². The molecule has 0 aromatic carbocycles. The Bertz CT molecular complexity index is 555. The van der Waals surface area contributed by atoms with Crippen molar-refractivity contribution in [1.29, 1.82) is 0 Å². The SMILES string of the molecule is C[C@]12CC[C@@H](O)C[C@@H]1CC[C@@H]1[C@H]2[C@@H](O)C[C@@]2(C)[C@H]1CC[C@]2(O)[C@H](O)CO. The zero-order chi connectivity index (χ0) is 18.9. The van der Waals surface area contributed by atoms with Gasteiger partial charge in [-0.25, -0.2) is 0 Å². The maximum absolute atomic E-state index is 11.3. The van der Waals surface area contributed by atoms with Crippen molar-refractivity contribution >= 4 is 0 Å².